The number of nitrogens with two attached hydrogens (primary N) is 1. The lowest BCUT2D eigenvalue weighted by atomic mass is 10.1. The number of hydrogen-bond donors (Lipinski definition) is 2. The van der Waals surface area contributed by atoms with Crippen LogP contribution in [-0.2, 0) is 14.2 Å². The highest BCUT2D eigenvalue weighted by molar-refractivity contribution is 6.28. The van der Waals surface area contributed by atoms with Crippen molar-refractivity contribution in [2.75, 3.05) is 12.3 Å². The highest BCUT2D eigenvalue weighted by Crippen LogP contribution is 2.43. The fraction of sp³-hybridized carbons (Fsp3) is 0.615. The lowest BCUT2D eigenvalue weighted by Gasteiger charge is -2.24. The fourth-order valence-electron chi connectivity index (χ4n) is 3.13. The predicted molar refractivity (Wildman–Crippen MR) is 79.6 cm³/mol. The third-order valence-corrected chi connectivity index (χ3v) is 4.17. The molecule has 4 atom stereocenters. The van der Waals surface area contributed by atoms with Crippen LogP contribution in [0.4, 0.5) is 5.82 Å². The normalized spacial score (nSPS) is 32.5. The standard InChI is InChI=1S/C13H16ClN5O4/c1-13(2)22-7-5(3-20)21-11(8(7)23-13)19-4-16-6-9(15)17-12(14)18-10(6)19/h4-5,7-8,11,20H,3H2,1-2H3,(H2,15,17,18)/t5-,7+,8+,11-/m1/s1. The monoisotopic (exact) mass is 341 g/mol. The molecule has 23 heavy (non-hydrogen) atoms. The van der Waals surface area contributed by atoms with Crippen molar-refractivity contribution in [3.63, 3.8) is 0 Å². The van der Waals surface area contributed by atoms with Gasteiger partial charge in [-0.25, -0.2) is 4.98 Å². The molecule has 3 N–H and O–H groups in total. The van der Waals surface area contributed by atoms with Crippen LogP contribution in [0.1, 0.15) is 20.1 Å². The van der Waals surface area contributed by atoms with E-state index in [9.17, 15) is 5.11 Å². The molecule has 2 aromatic heterocycles. The van der Waals surface area contributed by atoms with Gasteiger partial charge >= 0.3 is 0 Å². The van der Waals surface area contributed by atoms with Crippen molar-refractivity contribution in [1.29, 1.82) is 0 Å². The molecule has 0 spiro atoms. The van der Waals surface area contributed by atoms with E-state index >= 15 is 0 Å². The number of aliphatic hydroxyl groups excluding tert-OH is 1. The fourth-order valence-corrected chi connectivity index (χ4v) is 3.30. The lowest BCUT2D eigenvalue weighted by Crippen LogP contribution is -2.31. The summed E-state index contributed by atoms with van der Waals surface area (Å²) in [6.45, 7) is 3.46. The number of halogens is 1. The molecule has 2 aromatic rings. The molecule has 2 aliphatic heterocycles. The first kappa shape index (κ1) is 15.0. The number of aromatic nitrogens is 4. The Bertz CT molecular complexity index is 766. The average Bonchev–Trinajstić information content (AvgIpc) is 3.09. The van der Waals surface area contributed by atoms with Gasteiger partial charge in [-0.15, -0.1) is 0 Å². The Balaban J connectivity index is 1.79. The molecule has 0 unspecified atom stereocenters. The van der Waals surface area contributed by atoms with Gasteiger partial charge in [-0.2, -0.15) is 9.97 Å². The van der Waals surface area contributed by atoms with Crippen LogP contribution in [0.25, 0.3) is 11.2 Å². The van der Waals surface area contributed by atoms with Gasteiger partial charge in [0.05, 0.1) is 12.9 Å². The average molecular weight is 342 g/mol. The molecular formula is C13H16ClN5O4. The molecule has 124 valence electrons. The molecule has 0 bridgehead atoms. The molecule has 2 fully saturated rings. The van der Waals surface area contributed by atoms with Crippen molar-refractivity contribution >= 4 is 28.6 Å². The zero-order valence-corrected chi connectivity index (χ0v) is 13.3. The van der Waals surface area contributed by atoms with Crippen LogP contribution in [0.3, 0.4) is 0 Å². The molecule has 0 aliphatic carbocycles. The highest BCUT2D eigenvalue weighted by Gasteiger charge is 2.55. The van der Waals surface area contributed by atoms with Gasteiger partial charge in [0.2, 0.25) is 5.28 Å². The van der Waals surface area contributed by atoms with E-state index in [-0.39, 0.29) is 23.8 Å². The molecule has 4 rings (SSSR count). The van der Waals surface area contributed by atoms with Gasteiger partial charge in [0.25, 0.3) is 0 Å². The Labute approximate surface area is 136 Å². The number of anilines is 1. The molecule has 2 saturated heterocycles. The van der Waals surface area contributed by atoms with Gasteiger partial charge in [-0.1, -0.05) is 0 Å². The second-order valence-corrected chi connectivity index (χ2v) is 6.35. The number of imidazole rings is 1. The van der Waals surface area contributed by atoms with E-state index < -0.39 is 24.2 Å². The highest BCUT2D eigenvalue weighted by atomic mass is 35.5. The Morgan fingerprint density at radius 1 is 1.35 bits per heavy atom. The minimum atomic E-state index is -0.757. The van der Waals surface area contributed by atoms with Crippen LogP contribution in [0.15, 0.2) is 6.33 Å². The van der Waals surface area contributed by atoms with Gasteiger partial charge in [-0.3, -0.25) is 4.57 Å². The van der Waals surface area contributed by atoms with Gasteiger partial charge in [-0.05, 0) is 25.4 Å². The summed E-state index contributed by atoms with van der Waals surface area (Å²) in [6, 6.07) is 0. The molecule has 2 aliphatic rings. The van der Waals surface area contributed by atoms with E-state index in [0.29, 0.717) is 11.2 Å². The number of nitrogens with zero attached hydrogens (tertiary/aromatic N) is 4. The van der Waals surface area contributed by atoms with Gasteiger partial charge in [0, 0.05) is 0 Å². The lowest BCUT2D eigenvalue weighted by molar-refractivity contribution is -0.199. The first-order valence-electron chi connectivity index (χ1n) is 7.17. The summed E-state index contributed by atoms with van der Waals surface area (Å²) in [5.41, 5.74) is 6.70. The topological polar surface area (TPSA) is 118 Å². The Morgan fingerprint density at radius 2 is 2.09 bits per heavy atom. The number of fused-ring (bicyclic) bond motifs is 2. The summed E-state index contributed by atoms with van der Waals surface area (Å²) in [5, 5.41) is 9.57. The van der Waals surface area contributed by atoms with E-state index in [2.05, 4.69) is 15.0 Å². The van der Waals surface area contributed by atoms with E-state index in [4.69, 9.17) is 31.5 Å². The minimum absolute atomic E-state index is 0.0222. The summed E-state index contributed by atoms with van der Waals surface area (Å²) in [5.74, 6) is -0.566. The van der Waals surface area contributed by atoms with Crippen LogP contribution in [0.2, 0.25) is 5.28 Å². The number of ether oxygens (including phenoxy) is 3. The molecular weight excluding hydrogens is 326 g/mol. The third-order valence-electron chi connectivity index (χ3n) is 4.00. The van der Waals surface area contributed by atoms with Crippen molar-refractivity contribution in [1.82, 2.24) is 19.5 Å². The van der Waals surface area contributed by atoms with E-state index in [1.54, 1.807) is 10.9 Å². The molecule has 9 nitrogen and oxygen atoms in total. The van der Waals surface area contributed by atoms with Gasteiger partial charge in [0.1, 0.15) is 23.8 Å². The summed E-state index contributed by atoms with van der Waals surface area (Å²) < 4.78 is 19.3. The number of rotatable bonds is 2. The van der Waals surface area contributed by atoms with Gasteiger partial charge in [0.15, 0.2) is 23.5 Å². The molecule has 0 aromatic carbocycles. The van der Waals surface area contributed by atoms with E-state index in [0.717, 1.165) is 0 Å². The summed E-state index contributed by atoms with van der Waals surface area (Å²) >= 11 is 5.89. The summed E-state index contributed by atoms with van der Waals surface area (Å²) in [4.78, 5) is 12.3. The predicted octanol–water partition coefficient (Wildman–Crippen LogP) is 0.472. The molecule has 0 amide bonds. The zero-order valence-electron chi connectivity index (χ0n) is 12.5. The van der Waals surface area contributed by atoms with Crippen molar-refractivity contribution in [3.8, 4) is 0 Å². The Kier molecular flexibility index (Phi) is 3.26. The maximum Gasteiger partial charge on any atom is 0.226 e. The van der Waals surface area contributed by atoms with E-state index in [1.165, 1.54) is 0 Å². The summed E-state index contributed by atoms with van der Waals surface area (Å²) in [7, 11) is 0. The maximum atomic E-state index is 9.55. The first-order valence-corrected chi connectivity index (χ1v) is 7.55. The second-order valence-electron chi connectivity index (χ2n) is 6.01. The number of aliphatic hydroxyl groups is 1. The van der Waals surface area contributed by atoms with Crippen LogP contribution >= 0.6 is 11.6 Å². The Morgan fingerprint density at radius 3 is 2.83 bits per heavy atom. The molecule has 4 heterocycles. The quantitative estimate of drug-likeness (QED) is 0.757. The molecule has 0 saturated carbocycles. The summed E-state index contributed by atoms with van der Waals surface area (Å²) in [6.07, 6.45) is -0.308. The maximum absolute atomic E-state index is 9.55. The van der Waals surface area contributed by atoms with Crippen LogP contribution in [0, 0.1) is 0 Å². The Hall–Kier alpha value is -1.52. The zero-order chi connectivity index (χ0) is 16.4. The van der Waals surface area contributed by atoms with E-state index in [1.807, 2.05) is 13.8 Å². The van der Waals surface area contributed by atoms with Crippen LogP contribution in [-0.4, -0.2) is 55.3 Å². The number of hydrogen-bond acceptors (Lipinski definition) is 8. The van der Waals surface area contributed by atoms with Crippen molar-refractivity contribution in [2.24, 2.45) is 0 Å². The molecule has 10 heteroatoms. The SMILES string of the molecule is CC1(C)O[C@@H]2[C@H](O1)[C@H](n1cnc3c(N)nc(Cl)nc31)O[C@@H]2CO. The first-order chi connectivity index (χ1) is 10.9. The third kappa shape index (κ3) is 2.27. The second kappa shape index (κ2) is 4.99. The largest absolute Gasteiger partial charge is 0.394 e. The van der Waals surface area contributed by atoms with Gasteiger partial charge < -0.3 is 25.1 Å². The van der Waals surface area contributed by atoms with Crippen molar-refractivity contribution in [2.45, 2.75) is 44.2 Å². The van der Waals surface area contributed by atoms with Crippen LogP contribution < -0.4 is 5.73 Å². The van der Waals surface area contributed by atoms with Crippen molar-refractivity contribution < 1.29 is 19.3 Å². The smallest absolute Gasteiger partial charge is 0.226 e. The van der Waals surface area contributed by atoms with Crippen LogP contribution in [0.5, 0.6) is 0 Å². The molecule has 0 radical (unpaired) electrons. The van der Waals surface area contributed by atoms with Crippen molar-refractivity contribution in [3.05, 3.63) is 11.6 Å². The number of nitrogen functional groups attached to an aromatic ring is 1. The minimum Gasteiger partial charge on any atom is -0.394 e.